The third kappa shape index (κ3) is 4.49. The van der Waals surface area contributed by atoms with Crippen molar-refractivity contribution in [1.29, 1.82) is 0 Å². The molecule has 10 aromatic rings. The maximum absolute atomic E-state index is 6.85. The number of benzene rings is 8. The van der Waals surface area contributed by atoms with Crippen molar-refractivity contribution in [3.05, 3.63) is 187 Å². The van der Waals surface area contributed by atoms with Crippen LogP contribution in [0.25, 0.3) is 82.5 Å². The lowest BCUT2D eigenvalue weighted by Crippen LogP contribution is -1.92. The van der Waals surface area contributed by atoms with Crippen LogP contribution in [0.3, 0.4) is 0 Å². The summed E-state index contributed by atoms with van der Waals surface area (Å²) in [5.41, 5.74) is 12.7. The highest BCUT2D eigenvalue weighted by Crippen LogP contribution is 2.42. The molecule has 0 saturated carbocycles. The molecule has 0 N–H and O–H groups in total. The van der Waals surface area contributed by atoms with Crippen LogP contribution in [0.2, 0.25) is 0 Å². The average molecular weight is 626 g/mol. The van der Waals surface area contributed by atoms with Gasteiger partial charge in [0, 0.05) is 39.2 Å². The van der Waals surface area contributed by atoms with Gasteiger partial charge in [-0.3, -0.25) is 0 Å². The maximum Gasteiger partial charge on any atom is 0.143 e. The third-order valence-corrected chi connectivity index (χ3v) is 10.0. The zero-order valence-corrected chi connectivity index (χ0v) is 26.8. The minimum atomic E-state index is 0.791. The molecule has 0 amide bonds. The molecule has 0 radical (unpaired) electrons. The zero-order valence-electron chi connectivity index (χ0n) is 26.8. The molecule has 0 aliphatic heterocycles. The monoisotopic (exact) mass is 625 g/mol. The Balaban J connectivity index is 1.04. The van der Waals surface area contributed by atoms with Gasteiger partial charge in [0.15, 0.2) is 0 Å². The van der Waals surface area contributed by atoms with Crippen molar-refractivity contribution in [3.63, 3.8) is 0 Å². The molecule has 230 valence electrons. The smallest absolute Gasteiger partial charge is 0.143 e. The van der Waals surface area contributed by atoms with Crippen molar-refractivity contribution in [2.24, 2.45) is 0 Å². The summed E-state index contributed by atoms with van der Waals surface area (Å²) in [6.07, 6.45) is 0.791. The second-order valence-electron chi connectivity index (χ2n) is 12.9. The Hall–Kier alpha value is -6.38. The first kappa shape index (κ1) is 27.7. The van der Waals surface area contributed by atoms with Crippen molar-refractivity contribution < 1.29 is 4.42 Å². The standard InChI is InChI=1S/C47H31NO/c1-3-12-33(13-4-1)41-30-35-14-7-8-18-38(35)45-40-20-11-15-36(46(40)49-47(41)45)28-31-22-24-32(25-23-31)34-26-27-44-42(29-34)39-19-9-10-21-43(39)48(44)37-16-5-2-6-17-37/h1-27,29-30H,28H2. The second kappa shape index (κ2) is 11.1. The van der Waals surface area contributed by atoms with Gasteiger partial charge < -0.3 is 8.98 Å². The quantitative estimate of drug-likeness (QED) is 0.186. The van der Waals surface area contributed by atoms with E-state index in [1.807, 2.05) is 0 Å². The highest BCUT2D eigenvalue weighted by atomic mass is 16.3. The van der Waals surface area contributed by atoms with E-state index in [9.17, 15) is 0 Å². The van der Waals surface area contributed by atoms with E-state index in [-0.39, 0.29) is 0 Å². The van der Waals surface area contributed by atoms with Gasteiger partial charge in [0.2, 0.25) is 0 Å². The van der Waals surface area contributed by atoms with E-state index >= 15 is 0 Å². The molecule has 0 unspecified atom stereocenters. The molecular weight excluding hydrogens is 595 g/mol. The number of furan rings is 1. The van der Waals surface area contributed by atoms with Gasteiger partial charge in [-0.05, 0) is 75.0 Å². The molecule has 0 aliphatic rings. The molecule has 0 saturated heterocycles. The number of para-hydroxylation sites is 3. The largest absolute Gasteiger partial charge is 0.455 e. The Kier molecular flexibility index (Phi) is 6.28. The molecule has 0 bridgehead atoms. The Morgan fingerprint density at radius 3 is 1.94 bits per heavy atom. The number of fused-ring (bicyclic) bond motifs is 8. The summed E-state index contributed by atoms with van der Waals surface area (Å²) in [6, 6.07) is 63.3. The van der Waals surface area contributed by atoms with Crippen LogP contribution in [0, 0.1) is 0 Å². The number of hydrogen-bond acceptors (Lipinski definition) is 1. The van der Waals surface area contributed by atoms with Gasteiger partial charge in [-0.2, -0.15) is 0 Å². The van der Waals surface area contributed by atoms with Crippen molar-refractivity contribution >= 4 is 54.5 Å². The van der Waals surface area contributed by atoms with E-state index in [1.54, 1.807) is 0 Å². The highest BCUT2D eigenvalue weighted by Gasteiger charge is 2.18. The van der Waals surface area contributed by atoms with Gasteiger partial charge >= 0.3 is 0 Å². The normalized spacial score (nSPS) is 11.8. The summed E-state index contributed by atoms with van der Waals surface area (Å²) in [5.74, 6) is 0. The van der Waals surface area contributed by atoms with Crippen LogP contribution < -0.4 is 0 Å². The van der Waals surface area contributed by atoms with Crippen LogP contribution >= 0.6 is 0 Å². The third-order valence-electron chi connectivity index (χ3n) is 10.0. The summed E-state index contributed by atoms with van der Waals surface area (Å²) in [4.78, 5) is 0. The molecule has 8 aromatic carbocycles. The minimum absolute atomic E-state index is 0.791. The van der Waals surface area contributed by atoms with E-state index in [0.29, 0.717) is 0 Å². The lowest BCUT2D eigenvalue weighted by atomic mass is 9.95. The Labute approximate surface area is 284 Å². The topological polar surface area (TPSA) is 18.1 Å². The van der Waals surface area contributed by atoms with Crippen molar-refractivity contribution in [3.8, 4) is 27.9 Å². The summed E-state index contributed by atoms with van der Waals surface area (Å²) >= 11 is 0. The first-order chi connectivity index (χ1) is 24.3. The van der Waals surface area contributed by atoms with Gasteiger partial charge in [-0.25, -0.2) is 0 Å². The van der Waals surface area contributed by atoms with Crippen molar-refractivity contribution in [1.82, 2.24) is 4.57 Å². The lowest BCUT2D eigenvalue weighted by molar-refractivity contribution is 0.665. The van der Waals surface area contributed by atoms with Gasteiger partial charge in [0.25, 0.3) is 0 Å². The molecule has 0 fully saturated rings. The van der Waals surface area contributed by atoms with Crippen LogP contribution in [0.4, 0.5) is 0 Å². The highest BCUT2D eigenvalue weighted by molar-refractivity contribution is 6.22. The molecule has 0 aliphatic carbocycles. The molecule has 2 heterocycles. The van der Waals surface area contributed by atoms with Crippen LogP contribution in [0.1, 0.15) is 11.1 Å². The van der Waals surface area contributed by atoms with Crippen LogP contribution in [0.5, 0.6) is 0 Å². The zero-order chi connectivity index (χ0) is 32.3. The van der Waals surface area contributed by atoms with E-state index in [0.717, 1.165) is 28.7 Å². The fraction of sp³-hybridized carbons (Fsp3) is 0.0213. The summed E-state index contributed by atoms with van der Waals surface area (Å²) < 4.78 is 9.21. The summed E-state index contributed by atoms with van der Waals surface area (Å²) in [7, 11) is 0. The summed E-state index contributed by atoms with van der Waals surface area (Å²) in [5, 5.41) is 7.33. The molecule has 49 heavy (non-hydrogen) atoms. The van der Waals surface area contributed by atoms with Crippen molar-refractivity contribution in [2.75, 3.05) is 0 Å². The second-order valence-corrected chi connectivity index (χ2v) is 12.9. The number of hydrogen-bond donors (Lipinski definition) is 0. The SMILES string of the molecule is c1ccc(-c2cc3ccccc3c3c2oc2c(Cc4ccc(-c5ccc6c(c5)c5ccccc5n6-c5ccccc5)cc4)cccc23)cc1. The van der Waals surface area contributed by atoms with Crippen LogP contribution in [-0.4, -0.2) is 4.57 Å². The minimum Gasteiger partial charge on any atom is -0.455 e. The first-order valence-corrected chi connectivity index (χ1v) is 16.9. The van der Waals surface area contributed by atoms with Crippen molar-refractivity contribution in [2.45, 2.75) is 6.42 Å². The Morgan fingerprint density at radius 2 is 1.10 bits per heavy atom. The fourth-order valence-corrected chi connectivity index (χ4v) is 7.72. The predicted molar refractivity (Wildman–Crippen MR) is 206 cm³/mol. The van der Waals surface area contributed by atoms with Gasteiger partial charge in [0.1, 0.15) is 11.2 Å². The molecule has 2 heteroatoms. The predicted octanol–water partition coefficient (Wildman–Crippen LogP) is 12.8. The van der Waals surface area contributed by atoms with E-state index < -0.39 is 0 Å². The van der Waals surface area contributed by atoms with Crippen LogP contribution in [0.15, 0.2) is 180 Å². The van der Waals surface area contributed by atoms with Gasteiger partial charge in [0.05, 0.1) is 11.0 Å². The molecule has 10 rings (SSSR count). The fourth-order valence-electron chi connectivity index (χ4n) is 7.72. The molecule has 0 spiro atoms. The molecule has 0 atom stereocenters. The number of rotatable bonds is 5. The van der Waals surface area contributed by atoms with Gasteiger partial charge in [-0.15, -0.1) is 0 Å². The number of nitrogens with zero attached hydrogens (tertiary/aromatic N) is 1. The number of aromatic nitrogens is 1. The lowest BCUT2D eigenvalue weighted by Gasteiger charge is -2.09. The van der Waals surface area contributed by atoms with E-state index in [1.165, 1.54) is 71.3 Å². The summed E-state index contributed by atoms with van der Waals surface area (Å²) in [6.45, 7) is 0. The molecular formula is C47H31NO. The van der Waals surface area contributed by atoms with E-state index in [4.69, 9.17) is 4.42 Å². The Morgan fingerprint density at radius 1 is 0.429 bits per heavy atom. The average Bonchev–Trinajstić information content (AvgIpc) is 3.73. The van der Waals surface area contributed by atoms with Crippen LogP contribution in [-0.2, 0) is 6.42 Å². The molecule has 2 nitrogen and oxygen atoms in total. The maximum atomic E-state index is 6.85. The van der Waals surface area contributed by atoms with Gasteiger partial charge in [-0.1, -0.05) is 140 Å². The Bertz CT molecular complexity index is 2820. The van der Waals surface area contributed by atoms with E-state index in [2.05, 4.69) is 180 Å². The molecule has 2 aromatic heterocycles. The first-order valence-electron chi connectivity index (χ1n) is 16.9.